The Morgan fingerprint density at radius 1 is 1.14 bits per heavy atom. The van der Waals surface area contributed by atoms with E-state index in [1.54, 1.807) is 19.5 Å². The van der Waals surface area contributed by atoms with Crippen molar-refractivity contribution in [1.29, 1.82) is 0 Å². The van der Waals surface area contributed by atoms with Crippen LogP contribution in [0.15, 0.2) is 36.7 Å². The molecular weight excluding hydrogens is 300 g/mol. The summed E-state index contributed by atoms with van der Waals surface area (Å²) in [6.07, 6.45) is 3.62. The summed E-state index contributed by atoms with van der Waals surface area (Å²) in [5.74, 6) is 1.25. The van der Waals surface area contributed by atoms with Crippen molar-refractivity contribution >= 4 is 11.6 Å². The summed E-state index contributed by atoms with van der Waals surface area (Å²) < 4.78 is 11.1. The number of hydrogen-bond donors (Lipinski definition) is 1. The first-order valence-electron chi connectivity index (χ1n) is 7.23. The van der Waals surface area contributed by atoms with Gasteiger partial charge in [0, 0.05) is 25.5 Å². The zero-order chi connectivity index (χ0) is 15.9. The van der Waals surface area contributed by atoms with Crippen LogP contribution in [0.1, 0.15) is 25.0 Å². The molecule has 1 aromatic heterocycles. The van der Waals surface area contributed by atoms with Gasteiger partial charge in [0.2, 0.25) is 0 Å². The number of nitrogens with zero attached hydrogens (tertiary/aromatic N) is 1. The van der Waals surface area contributed by atoms with Crippen molar-refractivity contribution < 1.29 is 9.47 Å². The number of hydrogen-bond acceptors (Lipinski definition) is 4. The topological polar surface area (TPSA) is 43.4 Å². The van der Waals surface area contributed by atoms with Crippen LogP contribution in [0.4, 0.5) is 0 Å². The average Bonchev–Trinajstić information content (AvgIpc) is 2.50. The standard InChI is InChI=1S/C17H21ClN2O2/c1-12(2)22-17-15(18)8-14(9-16(17)21-3)11-20-10-13-4-6-19-7-5-13/h4-9,12,20H,10-11H2,1-3H3. The lowest BCUT2D eigenvalue weighted by Crippen LogP contribution is -2.13. The fourth-order valence-corrected chi connectivity index (χ4v) is 2.36. The first-order valence-corrected chi connectivity index (χ1v) is 7.60. The number of methoxy groups -OCH3 is 1. The summed E-state index contributed by atoms with van der Waals surface area (Å²) in [5, 5.41) is 3.94. The van der Waals surface area contributed by atoms with E-state index in [2.05, 4.69) is 10.3 Å². The molecule has 1 heterocycles. The van der Waals surface area contributed by atoms with Crippen LogP contribution in [0, 0.1) is 0 Å². The van der Waals surface area contributed by atoms with Crippen molar-refractivity contribution in [3.05, 3.63) is 52.8 Å². The molecule has 1 aromatic carbocycles. The molecule has 0 saturated heterocycles. The average molecular weight is 321 g/mol. The van der Waals surface area contributed by atoms with E-state index in [1.807, 2.05) is 38.1 Å². The number of rotatable bonds is 7. The number of pyridine rings is 1. The Morgan fingerprint density at radius 3 is 2.45 bits per heavy atom. The highest BCUT2D eigenvalue weighted by Gasteiger charge is 2.13. The van der Waals surface area contributed by atoms with E-state index in [0.717, 1.165) is 12.1 Å². The van der Waals surface area contributed by atoms with E-state index in [-0.39, 0.29) is 6.10 Å². The molecule has 0 saturated carbocycles. The Bertz CT molecular complexity index is 603. The van der Waals surface area contributed by atoms with Crippen molar-refractivity contribution in [2.75, 3.05) is 7.11 Å². The zero-order valence-corrected chi connectivity index (χ0v) is 13.9. The second-order valence-corrected chi connectivity index (χ2v) is 5.64. The molecule has 0 unspecified atom stereocenters. The lowest BCUT2D eigenvalue weighted by Gasteiger charge is -2.16. The molecule has 0 radical (unpaired) electrons. The van der Waals surface area contributed by atoms with Crippen LogP contribution in [0.5, 0.6) is 11.5 Å². The van der Waals surface area contributed by atoms with Crippen LogP contribution in [0.3, 0.4) is 0 Å². The normalized spacial score (nSPS) is 10.8. The molecule has 0 amide bonds. The van der Waals surface area contributed by atoms with Crippen LogP contribution < -0.4 is 14.8 Å². The van der Waals surface area contributed by atoms with Gasteiger partial charge in [-0.1, -0.05) is 11.6 Å². The molecule has 0 fully saturated rings. The maximum Gasteiger partial charge on any atom is 0.180 e. The molecule has 0 aliphatic carbocycles. The Morgan fingerprint density at radius 2 is 1.82 bits per heavy atom. The minimum atomic E-state index is 0.0436. The van der Waals surface area contributed by atoms with Gasteiger partial charge < -0.3 is 14.8 Å². The molecule has 2 rings (SSSR count). The molecule has 1 N–H and O–H groups in total. The Hall–Kier alpha value is -1.78. The van der Waals surface area contributed by atoms with Crippen LogP contribution in [-0.2, 0) is 13.1 Å². The fourth-order valence-electron chi connectivity index (χ4n) is 2.08. The third-order valence-corrected chi connectivity index (χ3v) is 3.33. The van der Waals surface area contributed by atoms with Crippen molar-refractivity contribution in [3.8, 4) is 11.5 Å². The maximum absolute atomic E-state index is 6.31. The summed E-state index contributed by atoms with van der Waals surface area (Å²) in [6.45, 7) is 5.38. The highest BCUT2D eigenvalue weighted by molar-refractivity contribution is 6.32. The molecule has 118 valence electrons. The zero-order valence-electron chi connectivity index (χ0n) is 13.1. The summed E-state index contributed by atoms with van der Waals surface area (Å²) in [5.41, 5.74) is 2.24. The Labute approximate surface area is 136 Å². The van der Waals surface area contributed by atoms with E-state index in [1.165, 1.54) is 5.56 Å². The molecule has 0 bridgehead atoms. The summed E-state index contributed by atoms with van der Waals surface area (Å²) in [6, 6.07) is 7.82. The van der Waals surface area contributed by atoms with Crippen LogP contribution in [0.2, 0.25) is 5.02 Å². The maximum atomic E-state index is 6.31. The molecule has 0 aliphatic rings. The van der Waals surface area contributed by atoms with Crippen molar-refractivity contribution in [2.45, 2.75) is 33.0 Å². The van der Waals surface area contributed by atoms with Gasteiger partial charge in [-0.25, -0.2) is 0 Å². The minimum absolute atomic E-state index is 0.0436. The van der Waals surface area contributed by atoms with Crippen molar-refractivity contribution in [2.24, 2.45) is 0 Å². The molecule has 0 aliphatic heterocycles. The predicted molar refractivity (Wildman–Crippen MR) is 88.5 cm³/mol. The van der Waals surface area contributed by atoms with Crippen LogP contribution >= 0.6 is 11.6 Å². The summed E-state index contributed by atoms with van der Waals surface area (Å²) >= 11 is 6.31. The van der Waals surface area contributed by atoms with Crippen LogP contribution in [-0.4, -0.2) is 18.2 Å². The van der Waals surface area contributed by atoms with E-state index in [9.17, 15) is 0 Å². The van der Waals surface area contributed by atoms with E-state index >= 15 is 0 Å². The van der Waals surface area contributed by atoms with E-state index in [0.29, 0.717) is 23.1 Å². The second kappa shape index (κ2) is 8.01. The molecule has 0 atom stereocenters. The van der Waals surface area contributed by atoms with Crippen LogP contribution in [0.25, 0.3) is 0 Å². The molecule has 4 nitrogen and oxygen atoms in total. The first kappa shape index (κ1) is 16.6. The number of ether oxygens (including phenoxy) is 2. The van der Waals surface area contributed by atoms with E-state index in [4.69, 9.17) is 21.1 Å². The van der Waals surface area contributed by atoms with Crippen molar-refractivity contribution in [3.63, 3.8) is 0 Å². The van der Waals surface area contributed by atoms with Gasteiger partial charge in [0.15, 0.2) is 11.5 Å². The van der Waals surface area contributed by atoms with Gasteiger partial charge in [0.25, 0.3) is 0 Å². The number of aromatic nitrogens is 1. The first-order chi connectivity index (χ1) is 10.6. The van der Waals surface area contributed by atoms with Crippen molar-refractivity contribution in [1.82, 2.24) is 10.3 Å². The highest BCUT2D eigenvalue weighted by atomic mass is 35.5. The lowest BCUT2D eigenvalue weighted by atomic mass is 10.2. The lowest BCUT2D eigenvalue weighted by molar-refractivity contribution is 0.230. The third-order valence-electron chi connectivity index (χ3n) is 3.05. The Kier molecular flexibility index (Phi) is 6.04. The van der Waals surface area contributed by atoms with Gasteiger partial charge in [-0.15, -0.1) is 0 Å². The molecule has 22 heavy (non-hydrogen) atoms. The van der Waals surface area contributed by atoms with Gasteiger partial charge in [-0.3, -0.25) is 4.98 Å². The van der Waals surface area contributed by atoms with Gasteiger partial charge in [-0.05, 0) is 49.2 Å². The third kappa shape index (κ3) is 4.61. The Balaban J connectivity index is 2.04. The van der Waals surface area contributed by atoms with Gasteiger partial charge >= 0.3 is 0 Å². The van der Waals surface area contributed by atoms with Gasteiger partial charge in [0.1, 0.15) is 0 Å². The number of nitrogens with one attached hydrogen (secondary N) is 1. The summed E-state index contributed by atoms with van der Waals surface area (Å²) in [4.78, 5) is 4.00. The summed E-state index contributed by atoms with van der Waals surface area (Å²) in [7, 11) is 1.62. The fraction of sp³-hybridized carbons (Fsp3) is 0.353. The SMILES string of the molecule is COc1cc(CNCc2ccncc2)cc(Cl)c1OC(C)C. The quantitative estimate of drug-likeness (QED) is 0.842. The molecule has 0 spiro atoms. The monoisotopic (exact) mass is 320 g/mol. The van der Waals surface area contributed by atoms with Gasteiger partial charge in [-0.2, -0.15) is 0 Å². The number of halogens is 1. The molecule has 5 heteroatoms. The molecule has 2 aromatic rings. The second-order valence-electron chi connectivity index (χ2n) is 5.23. The van der Waals surface area contributed by atoms with E-state index < -0.39 is 0 Å². The smallest absolute Gasteiger partial charge is 0.180 e. The molecular formula is C17H21ClN2O2. The predicted octanol–water partition coefficient (Wildman–Crippen LogP) is 3.82. The minimum Gasteiger partial charge on any atom is -0.493 e. The highest BCUT2D eigenvalue weighted by Crippen LogP contribution is 2.37. The largest absolute Gasteiger partial charge is 0.493 e. The van der Waals surface area contributed by atoms with Gasteiger partial charge in [0.05, 0.1) is 18.2 Å². The number of benzene rings is 1.